The molecule has 166 valence electrons. The van der Waals surface area contributed by atoms with Gasteiger partial charge in [-0.15, -0.1) is 0 Å². The molecule has 0 fully saturated rings. The lowest BCUT2D eigenvalue weighted by atomic mass is 9.92. The number of nitriles is 2. The zero-order valence-electron chi connectivity index (χ0n) is 17.5. The number of hydrogen-bond donors (Lipinski definition) is 2. The number of hydrogen-bond acceptors (Lipinski definition) is 5. The predicted molar refractivity (Wildman–Crippen MR) is 117 cm³/mol. The highest BCUT2D eigenvalue weighted by Gasteiger charge is 2.30. The Balaban J connectivity index is 2.01. The van der Waals surface area contributed by atoms with Gasteiger partial charge in [0.2, 0.25) is 5.91 Å². The van der Waals surface area contributed by atoms with Crippen LogP contribution in [-0.4, -0.2) is 10.9 Å². The van der Waals surface area contributed by atoms with E-state index in [4.69, 9.17) is 5.73 Å². The van der Waals surface area contributed by atoms with Crippen LogP contribution in [0.15, 0.2) is 48.5 Å². The Morgan fingerprint density at radius 3 is 2.30 bits per heavy atom. The largest absolute Gasteiger partial charge is 0.416 e. The van der Waals surface area contributed by atoms with Crippen LogP contribution in [-0.2, 0) is 23.8 Å². The number of anilines is 2. The number of alkyl halides is 3. The molecule has 3 rings (SSSR count). The summed E-state index contributed by atoms with van der Waals surface area (Å²) >= 11 is 0. The lowest BCUT2D eigenvalue weighted by Gasteiger charge is -2.14. The van der Waals surface area contributed by atoms with Gasteiger partial charge in [-0.25, -0.2) is 4.98 Å². The van der Waals surface area contributed by atoms with E-state index >= 15 is 0 Å². The Kier molecular flexibility index (Phi) is 6.64. The molecule has 0 aliphatic rings. The average Bonchev–Trinajstić information content (AvgIpc) is 2.77. The molecule has 2 aromatic carbocycles. The number of pyridine rings is 1. The van der Waals surface area contributed by atoms with Crippen molar-refractivity contribution in [3.8, 4) is 23.3 Å². The van der Waals surface area contributed by atoms with Gasteiger partial charge in [-0.3, -0.25) is 4.79 Å². The second-order valence-electron chi connectivity index (χ2n) is 7.25. The number of aryl methyl sites for hydroxylation is 2. The maximum atomic E-state index is 13.0. The van der Waals surface area contributed by atoms with Crippen molar-refractivity contribution in [1.29, 1.82) is 10.5 Å². The highest BCUT2D eigenvalue weighted by atomic mass is 19.4. The number of rotatable bonds is 5. The van der Waals surface area contributed by atoms with Crippen LogP contribution in [0.4, 0.5) is 24.7 Å². The van der Waals surface area contributed by atoms with Gasteiger partial charge in [0.05, 0.1) is 16.8 Å². The zero-order chi connectivity index (χ0) is 24.2. The van der Waals surface area contributed by atoms with Gasteiger partial charge in [0.1, 0.15) is 23.5 Å². The first-order valence-electron chi connectivity index (χ1n) is 9.80. The molecule has 0 spiro atoms. The van der Waals surface area contributed by atoms with Gasteiger partial charge in [-0.1, -0.05) is 30.3 Å². The second kappa shape index (κ2) is 9.41. The Morgan fingerprint density at radius 2 is 1.73 bits per heavy atom. The molecule has 0 aliphatic heterocycles. The monoisotopic (exact) mass is 449 g/mol. The van der Waals surface area contributed by atoms with E-state index < -0.39 is 11.7 Å². The van der Waals surface area contributed by atoms with Crippen LogP contribution in [0.3, 0.4) is 0 Å². The van der Waals surface area contributed by atoms with Crippen molar-refractivity contribution in [2.45, 2.75) is 25.9 Å². The predicted octanol–water partition coefficient (Wildman–Crippen LogP) is 4.84. The molecule has 1 aromatic heterocycles. The highest BCUT2D eigenvalue weighted by molar-refractivity contribution is 5.89. The average molecular weight is 449 g/mol. The molecule has 1 amide bonds. The fourth-order valence-electron chi connectivity index (χ4n) is 3.45. The molecule has 0 saturated heterocycles. The van der Waals surface area contributed by atoms with Crippen molar-refractivity contribution in [2.24, 2.45) is 0 Å². The number of nitrogen functional groups attached to an aromatic ring is 1. The topological polar surface area (TPSA) is 116 Å². The van der Waals surface area contributed by atoms with Crippen LogP contribution in [0.2, 0.25) is 0 Å². The number of benzene rings is 2. The summed E-state index contributed by atoms with van der Waals surface area (Å²) in [7, 11) is 0. The number of carbonyl (C=O) groups is 1. The molecule has 0 bridgehead atoms. The van der Waals surface area contributed by atoms with Crippen LogP contribution in [0.25, 0.3) is 11.1 Å². The lowest BCUT2D eigenvalue weighted by molar-refractivity contribution is -0.137. The van der Waals surface area contributed by atoms with Crippen molar-refractivity contribution in [3.05, 3.63) is 76.5 Å². The number of aromatic nitrogens is 1. The molecule has 0 atom stereocenters. The van der Waals surface area contributed by atoms with Crippen LogP contribution in [0.5, 0.6) is 0 Å². The third kappa shape index (κ3) is 5.28. The number of halogens is 3. The van der Waals surface area contributed by atoms with Crippen molar-refractivity contribution < 1.29 is 18.0 Å². The smallest absolute Gasteiger partial charge is 0.383 e. The molecule has 1 heterocycles. The fourth-order valence-corrected chi connectivity index (χ4v) is 3.45. The molecule has 3 aromatic rings. The van der Waals surface area contributed by atoms with Crippen molar-refractivity contribution in [3.63, 3.8) is 0 Å². The minimum Gasteiger partial charge on any atom is -0.383 e. The van der Waals surface area contributed by atoms with E-state index in [1.807, 2.05) is 6.07 Å². The third-order valence-electron chi connectivity index (χ3n) is 4.92. The van der Waals surface area contributed by atoms with E-state index in [1.54, 1.807) is 30.3 Å². The number of nitrogens with zero attached hydrogens (tertiary/aromatic N) is 3. The molecular weight excluding hydrogens is 431 g/mol. The molecule has 9 heteroatoms. The number of nitrogens with two attached hydrogens (primary N) is 1. The first kappa shape index (κ1) is 23.3. The zero-order valence-corrected chi connectivity index (χ0v) is 17.5. The van der Waals surface area contributed by atoms with Crippen molar-refractivity contribution >= 4 is 17.4 Å². The number of carbonyl (C=O) groups excluding carboxylic acids is 1. The minimum absolute atomic E-state index is 0.0293. The van der Waals surface area contributed by atoms with E-state index in [0.29, 0.717) is 22.4 Å². The lowest BCUT2D eigenvalue weighted by Crippen LogP contribution is -2.09. The summed E-state index contributed by atoms with van der Waals surface area (Å²) in [5.41, 5.74) is 7.45. The Bertz CT molecular complexity index is 1290. The van der Waals surface area contributed by atoms with Crippen LogP contribution in [0.1, 0.15) is 34.9 Å². The van der Waals surface area contributed by atoms with E-state index in [9.17, 15) is 28.5 Å². The van der Waals surface area contributed by atoms with Gasteiger partial charge in [0.25, 0.3) is 0 Å². The van der Waals surface area contributed by atoms with Gasteiger partial charge in [-0.05, 0) is 42.2 Å². The fraction of sp³-hybridized carbons (Fsp3) is 0.167. The van der Waals surface area contributed by atoms with E-state index in [0.717, 1.165) is 12.1 Å². The summed E-state index contributed by atoms with van der Waals surface area (Å²) in [6, 6.07) is 15.5. The number of nitrogens with one attached hydrogen (secondary N) is 1. The summed E-state index contributed by atoms with van der Waals surface area (Å²) < 4.78 is 39.0. The molecule has 6 nitrogen and oxygen atoms in total. The van der Waals surface area contributed by atoms with E-state index in [2.05, 4.69) is 16.4 Å². The molecular formula is C24H18F3N5O. The highest BCUT2D eigenvalue weighted by Crippen LogP contribution is 2.34. The molecule has 3 N–H and O–H groups in total. The maximum absolute atomic E-state index is 13.0. The van der Waals surface area contributed by atoms with Crippen LogP contribution >= 0.6 is 0 Å². The quantitative estimate of drug-likeness (QED) is 0.578. The molecule has 0 unspecified atom stereocenters. The maximum Gasteiger partial charge on any atom is 0.416 e. The van der Waals surface area contributed by atoms with Gasteiger partial charge in [0, 0.05) is 18.2 Å². The molecule has 0 saturated carbocycles. The molecule has 0 radical (unpaired) electrons. The summed E-state index contributed by atoms with van der Waals surface area (Å²) in [5, 5.41) is 22.1. The SMILES string of the molecule is CC(=O)Nc1ccc(-c2c(C#N)c(N)nc(CCc3cccc(C(F)(F)F)c3)c2C#N)cc1. The van der Waals surface area contributed by atoms with E-state index in [1.165, 1.54) is 13.0 Å². The van der Waals surface area contributed by atoms with Gasteiger partial charge in [-0.2, -0.15) is 23.7 Å². The summed E-state index contributed by atoms with van der Waals surface area (Å²) in [6.07, 6.45) is -4.11. The third-order valence-corrected chi connectivity index (χ3v) is 4.92. The molecule has 33 heavy (non-hydrogen) atoms. The Labute approximate surface area is 188 Å². The van der Waals surface area contributed by atoms with Crippen molar-refractivity contribution in [1.82, 2.24) is 4.98 Å². The number of amides is 1. The van der Waals surface area contributed by atoms with Crippen molar-refractivity contribution in [2.75, 3.05) is 11.1 Å². The second-order valence-corrected chi connectivity index (χ2v) is 7.25. The van der Waals surface area contributed by atoms with E-state index in [-0.39, 0.29) is 41.4 Å². The molecule has 0 aliphatic carbocycles. The van der Waals surface area contributed by atoms with Crippen LogP contribution < -0.4 is 11.1 Å². The normalized spacial score (nSPS) is 10.8. The van der Waals surface area contributed by atoms with Gasteiger partial charge in [0.15, 0.2) is 0 Å². The van der Waals surface area contributed by atoms with Crippen LogP contribution in [0, 0.1) is 22.7 Å². The minimum atomic E-state index is -4.46. The summed E-state index contributed by atoms with van der Waals surface area (Å²) in [6.45, 7) is 1.37. The van der Waals surface area contributed by atoms with Gasteiger partial charge < -0.3 is 11.1 Å². The Morgan fingerprint density at radius 1 is 1.06 bits per heavy atom. The first-order chi connectivity index (χ1) is 15.6. The Hall–Kier alpha value is -4.37. The first-order valence-corrected chi connectivity index (χ1v) is 9.80. The van der Waals surface area contributed by atoms with Gasteiger partial charge >= 0.3 is 6.18 Å². The summed E-state index contributed by atoms with van der Waals surface area (Å²) in [5.74, 6) is -0.320. The standard InChI is InChI=1S/C24H18F3N5O/c1-14(33)31-18-8-6-16(7-9-18)22-19(12-28)21(32-23(30)20(22)13-29)10-5-15-3-2-4-17(11-15)24(25,26)27/h2-4,6-9,11H,5,10H2,1H3,(H2,30,32)(H,31,33). The summed E-state index contributed by atoms with van der Waals surface area (Å²) in [4.78, 5) is 15.4.